The number of nitrogens with zero attached hydrogens (tertiary/aromatic N) is 3. The Morgan fingerprint density at radius 3 is 2.73 bits per heavy atom. The number of carbonyl (C=O) groups excluding carboxylic acids is 1. The predicted molar refractivity (Wildman–Crippen MR) is 103 cm³/mol. The van der Waals surface area contributed by atoms with Gasteiger partial charge in [0.05, 0.1) is 11.3 Å². The Morgan fingerprint density at radius 2 is 2.08 bits per heavy atom. The van der Waals surface area contributed by atoms with Crippen molar-refractivity contribution in [3.63, 3.8) is 0 Å². The van der Waals surface area contributed by atoms with E-state index >= 15 is 0 Å². The van der Waals surface area contributed by atoms with E-state index in [1.54, 1.807) is 6.20 Å². The van der Waals surface area contributed by atoms with Crippen molar-refractivity contribution in [2.45, 2.75) is 39.2 Å². The monoisotopic (exact) mass is 372 g/mol. The molecule has 0 aliphatic carbocycles. The Balaban J connectivity index is 1.57. The first-order valence-electron chi connectivity index (χ1n) is 9.03. The third kappa shape index (κ3) is 4.40. The molecule has 0 spiro atoms. The van der Waals surface area contributed by atoms with E-state index in [9.17, 15) is 4.79 Å². The minimum atomic E-state index is 0.0179. The average Bonchev–Trinajstić information content (AvgIpc) is 2.61. The van der Waals surface area contributed by atoms with Crippen LogP contribution in [0.4, 0.5) is 0 Å². The minimum Gasteiger partial charge on any atom is -0.339 e. The Morgan fingerprint density at radius 1 is 1.35 bits per heavy atom. The summed E-state index contributed by atoms with van der Waals surface area (Å²) < 4.78 is 0. The molecular formula is C20H25ClN4O. The maximum Gasteiger partial charge on any atom is 0.257 e. The topological polar surface area (TPSA) is 72.1 Å². The van der Waals surface area contributed by atoms with Crippen molar-refractivity contribution in [1.29, 1.82) is 0 Å². The molecule has 0 radical (unpaired) electrons. The van der Waals surface area contributed by atoms with Gasteiger partial charge in [-0.1, -0.05) is 23.7 Å². The molecule has 1 saturated heterocycles. The summed E-state index contributed by atoms with van der Waals surface area (Å²) in [5.41, 5.74) is 8.93. The van der Waals surface area contributed by atoms with E-state index in [-0.39, 0.29) is 11.9 Å². The van der Waals surface area contributed by atoms with Gasteiger partial charge in [0.1, 0.15) is 5.82 Å². The molecule has 1 aliphatic heterocycles. The second kappa shape index (κ2) is 8.14. The summed E-state index contributed by atoms with van der Waals surface area (Å²) in [5, 5.41) is 0.741. The fraction of sp³-hybridized carbons (Fsp3) is 0.450. The van der Waals surface area contributed by atoms with E-state index in [1.807, 2.05) is 36.9 Å². The number of hydrogen-bond acceptors (Lipinski definition) is 4. The Labute approximate surface area is 159 Å². The molecule has 2 heterocycles. The van der Waals surface area contributed by atoms with E-state index in [2.05, 4.69) is 16.0 Å². The number of rotatable bonds is 4. The normalized spacial score (nSPS) is 16.5. The van der Waals surface area contributed by atoms with Crippen LogP contribution >= 0.6 is 11.6 Å². The SMILES string of the molecule is Cc1ncc(C(=O)N2CCC([C@H](N)Cc3cccc(Cl)c3)CC2)c(C)n1. The maximum absolute atomic E-state index is 12.7. The molecule has 0 saturated carbocycles. The zero-order chi connectivity index (χ0) is 18.7. The largest absolute Gasteiger partial charge is 0.339 e. The van der Waals surface area contributed by atoms with E-state index in [0.29, 0.717) is 17.3 Å². The maximum atomic E-state index is 12.7. The molecule has 26 heavy (non-hydrogen) atoms. The molecule has 6 heteroatoms. The number of nitrogens with two attached hydrogens (primary N) is 1. The minimum absolute atomic E-state index is 0.0179. The lowest BCUT2D eigenvalue weighted by Crippen LogP contribution is -2.44. The van der Waals surface area contributed by atoms with Crippen molar-refractivity contribution < 1.29 is 4.79 Å². The molecule has 138 valence electrons. The first-order valence-corrected chi connectivity index (χ1v) is 9.41. The highest BCUT2D eigenvalue weighted by molar-refractivity contribution is 6.30. The molecule has 1 amide bonds. The van der Waals surface area contributed by atoms with Gasteiger partial charge < -0.3 is 10.6 Å². The number of piperidine rings is 1. The summed E-state index contributed by atoms with van der Waals surface area (Å²) in [7, 11) is 0. The molecule has 3 rings (SSSR count). The van der Waals surface area contributed by atoms with Crippen LogP contribution in [0.25, 0.3) is 0 Å². The molecule has 0 unspecified atom stereocenters. The third-order valence-electron chi connectivity index (χ3n) is 5.12. The number of aromatic nitrogens is 2. The third-order valence-corrected chi connectivity index (χ3v) is 5.36. The van der Waals surface area contributed by atoms with Crippen LogP contribution in [0.15, 0.2) is 30.5 Å². The van der Waals surface area contributed by atoms with Crippen LogP contribution in [0.1, 0.15) is 40.3 Å². The predicted octanol–water partition coefficient (Wildman–Crippen LogP) is 3.17. The van der Waals surface area contributed by atoms with Crippen molar-refractivity contribution in [3.05, 3.63) is 58.1 Å². The van der Waals surface area contributed by atoms with Crippen LogP contribution in [0.5, 0.6) is 0 Å². The van der Waals surface area contributed by atoms with Gasteiger partial charge in [-0.3, -0.25) is 4.79 Å². The van der Waals surface area contributed by atoms with Crippen LogP contribution < -0.4 is 5.73 Å². The Hall–Kier alpha value is -1.98. The summed E-state index contributed by atoms with van der Waals surface area (Å²) in [6, 6.07) is 7.94. The molecule has 5 nitrogen and oxygen atoms in total. The highest BCUT2D eigenvalue weighted by Gasteiger charge is 2.28. The van der Waals surface area contributed by atoms with Gasteiger partial charge >= 0.3 is 0 Å². The van der Waals surface area contributed by atoms with Gasteiger partial charge in [-0.05, 0) is 56.7 Å². The van der Waals surface area contributed by atoms with Crippen LogP contribution in [-0.2, 0) is 6.42 Å². The molecule has 1 fully saturated rings. The lowest BCUT2D eigenvalue weighted by atomic mass is 9.86. The van der Waals surface area contributed by atoms with Crippen molar-refractivity contribution in [2.24, 2.45) is 11.7 Å². The highest BCUT2D eigenvalue weighted by atomic mass is 35.5. The molecule has 1 aromatic carbocycles. The lowest BCUT2D eigenvalue weighted by molar-refractivity contribution is 0.0676. The molecule has 1 atom stereocenters. The van der Waals surface area contributed by atoms with Crippen LogP contribution in [0.2, 0.25) is 5.02 Å². The number of halogens is 1. The van der Waals surface area contributed by atoms with Gasteiger partial charge in [0.2, 0.25) is 0 Å². The summed E-state index contributed by atoms with van der Waals surface area (Å²) >= 11 is 6.05. The number of benzene rings is 1. The summed E-state index contributed by atoms with van der Waals surface area (Å²) in [5.74, 6) is 1.11. The van der Waals surface area contributed by atoms with Crippen molar-refractivity contribution in [1.82, 2.24) is 14.9 Å². The van der Waals surface area contributed by atoms with E-state index in [1.165, 1.54) is 0 Å². The fourth-order valence-electron chi connectivity index (χ4n) is 3.60. The molecule has 1 aliphatic rings. The van der Waals surface area contributed by atoms with E-state index in [0.717, 1.165) is 48.6 Å². The quantitative estimate of drug-likeness (QED) is 0.894. The van der Waals surface area contributed by atoms with Crippen molar-refractivity contribution in [3.8, 4) is 0 Å². The highest BCUT2D eigenvalue weighted by Crippen LogP contribution is 2.24. The van der Waals surface area contributed by atoms with Crippen molar-refractivity contribution >= 4 is 17.5 Å². The van der Waals surface area contributed by atoms with Crippen LogP contribution in [-0.4, -0.2) is 39.9 Å². The van der Waals surface area contributed by atoms with Gasteiger partial charge in [-0.25, -0.2) is 9.97 Å². The van der Waals surface area contributed by atoms with E-state index in [4.69, 9.17) is 17.3 Å². The molecular weight excluding hydrogens is 348 g/mol. The number of hydrogen-bond donors (Lipinski definition) is 1. The van der Waals surface area contributed by atoms with Gasteiger partial charge in [0, 0.05) is 30.4 Å². The molecule has 2 N–H and O–H groups in total. The Bertz CT molecular complexity index is 787. The summed E-state index contributed by atoms with van der Waals surface area (Å²) in [4.78, 5) is 23.1. The second-order valence-electron chi connectivity index (χ2n) is 7.04. The fourth-order valence-corrected chi connectivity index (χ4v) is 3.81. The van der Waals surface area contributed by atoms with Crippen LogP contribution in [0.3, 0.4) is 0 Å². The first kappa shape index (κ1) is 18.8. The van der Waals surface area contributed by atoms with Crippen LogP contribution in [0, 0.1) is 19.8 Å². The summed E-state index contributed by atoms with van der Waals surface area (Å²) in [6.45, 7) is 5.13. The number of likely N-dealkylation sites (tertiary alicyclic amines) is 1. The van der Waals surface area contributed by atoms with Gasteiger partial charge in [-0.15, -0.1) is 0 Å². The van der Waals surface area contributed by atoms with Gasteiger partial charge in [0.25, 0.3) is 5.91 Å². The lowest BCUT2D eigenvalue weighted by Gasteiger charge is -2.35. The second-order valence-corrected chi connectivity index (χ2v) is 7.48. The number of carbonyl (C=O) groups is 1. The Kier molecular flexibility index (Phi) is 5.89. The number of aryl methyl sites for hydroxylation is 2. The zero-order valence-electron chi connectivity index (χ0n) is 15.3. The smallest absolute Gasteiger partial charge is 0.257 e. The van der Waals surface area contributed by atoms with E-state index < -0.39 is 0 Å². The number of amides is 1. The first-order chi connectivity index (χ1) is 12.4. The van der Waals surface area contributed by atoms with Crippen molar-refractivity contribution in [2.75, 3.05) is 13.1 Å². The molecule has 0 bridgehead atoms. The standard InChI is InChI=1S/C20H25ClN4O/c1-13-18(12-23-14(2)24-13)20(26)25-8-6-16(7-9-25)19(22)11-15-4-3-5-17(21)10-15/h3-5,10,12,16,19H,6-9,11,22H2,1-2H3/t19-/m1/s1. The summed E-state index contributed by atoms with van der Waals surface area (Å²) in [6.07, 6.45) is 4.28. The van der Waals surface area contributed by atoms with Gasteiger partial charge in [-0.2, -0.15) is 0 Å². The zero-order valence-corrected chi connectivity index (χ0v) is 16.0. The molecule has 2 aromatic rings. The average molecular weight is 373 g/mol. The van der Waals surface area contributed by atoms with Gasteiger partial charge in [0.15, 0.2) is 0 Å². The molecule has 1 aromatic heterocycles.